The van der Waals surface area contributed by atoms with Gasteiger partial charge >= 0.3 is 6.18 Å². The summed E-state index contributed by atoms with van der Waals surface area (Å²) in [6.07, 6.45) is -3.49. The van der Waals surface area contributed by atoms with Gasteiger partial charge in [-0.25, -0.2) is 9.97 Å². The van der Waals surface area contributed by atoms with Crippen LogP contribution in [0.15, 0.2) is 12.3 Å². The lowest BCUT2D eigenvalue weighted by Crippen LogP contribution is -2.12. The van der Waals surface area contributed by atoms with Crippen molar-refractivity contribution in [2.24, 2.45) is 0 Å². The number of nitrogens with one attached hydrogen (secondary N) is 1. The molecule has 0 amide bonds. The van der Waals surface area contributed by atoms with Gasteiger partial charge in [0.05, 0.1) is 6.54 Å². The van der Waals surface area contributed by atoms with Crippen molar-refractivity contribution in [1.82, 2.24) is 20.2 Å². The molecule has 0 saturated heterocycles. The Kier molecular flexibility index (Phi) is 3.41. The monoisotopic (exact) mass is 275 g/mol. The third-order valence-corrected chi connectivity index (χ3v) is 2.74. The summed E-state index contributed by atoms with van der Waals surface area (Å²) in [5.74, 6) is -1.06. The Morgan fingerprint density at radius 1 is 1.33 bits per heavy atom. The van der Waals surface area contributed by atoms with Gasteiger partial charge in [-0.15, -0.1) is 10.2 Å². The van der Waals surface area contributed by atoms with Gasteiger partial charge in [-0.1, -0.05) is 11.3 Å². The fourth-order valence-electron chi connectivity index (χ4n) is 1.17. The fourth-order valence-corrected chi connectivity index (χ4v) is 1.82. The van der Waals surface area contributed by atoms with E-state index in [2.05, 4.69) is 25.5 Å². The summed E-state index contributed by atoms with van der Waals surface area (Å²) >= 11 is 1.37. The molecule has 0 atom stereocenters. The molecule has 2 aromatic rings. The molecule has 0 bridgehead atoms. The Bertz CT molecular complexity index is 539. The number of aromatic nitrogens is 4. The van der Waals surface area contributed by atoms with E-state index >= 15 is 0 Å². The van der Waals surface area contributed by atoms with Gasteiger partial charge in [-0.05, 0) is 13.0 Å². The zero-order valence-electron chi connectivity index (χ0n) is 9.19. The molecule has 0 aliphatic rings. The first-order chi connectivity index (χ1) is 8.45. The summed E-state index contributed by atoms with van der Waals surface area (Å²) in [7, 11) is 0. The largest absolute Gasteiger partial charge is 0.451 e. The molecule has 0 radical (unpaired) electrons. The van der Waals surface area contributed by atoms with Crippen LogP contribution >= 0.6 is 11.3 Å². The van der Waals surface area contributed by atoms with Gasteiger partial charge in [0.15, 0.2) is 0 Å². The molecule has 0 aliphatic carbocycles. The number of halogens is 3. The third kappa shape index (κ3) is 3.13. The highest BCUT2D eigenvalue weighted by Gasteiger charge is 2.34. The second-order valence-corrected chi connectivity index (χ2v) is 4.60. The number of aryl methyl sites for hydroxylation is 1. The normalized spacial score (nSPS) is 11.6. The third-order valence-electron chi connectivity index (χ3n) is 1.90. The lowest BCUT2D eigenvalue weighted by Gasteiger charge is -2.07. The predicted octanol–water partition coefficient (Wildman–Crippen LogP) is 2.27. The first-order valence-corrected chi connectivity index (χ1v) is 5.70. The van der Waals surface area contributed by atoms with Crippen molar-refractivity contribution in [3.8, 4) is 0 Å². The SMILES string of the molecule is Cc1nnc(CNc2ccnc(C(F)(F)F)n2)s1. The van der Waals surface area contributed by atoms with Crippen molar-refractivity contribution in [3.05, 3.63) is 28.1 Å². The molecule has 0 unspecified atom stereocenters. The molecule has 5 nitrogen and oxygen atoms in total. The van der Waals surface area contributed by atoms with Crippen LogP contribution in [0.1, 0.15) is 15.8 Å². The zero-order chi connectivity index (χ0) is 13.2. The summed E-state index contributed by atoms with van der Waals surface area (Å²) in [4.78, 5) is 6.54. The van der Waals surface area contributed by atoms with Gasteiger partial charge in [0, 0.05) is 6.20 Å². The molecule has 2 rings (SSSR count). The second-order valence-electron chi connectivity index (χ2n) is 3.33. The van der Waals surface area contributed by atoms with E-state index in [1.54, 1.807) is 6.92 Å². The van der Waals surface area contributed by atoms with Crippen molar-refractivity contribution in [1.29, 1.82) is 0 Å². The Labute approximate surface area is 104 Å². The average molecular weight is 275 g/mol. The van der Waals surface area contributed by atoms with Gasteiger partial charge in [0.25, 0.3) is 0 Å². The van der Waals surface area contributed by atoms with E-state index in [0.717, 1.165) is 11.2 Å². The van der Waals surface area contributed by atoms with Crippen LogP contribution in [-0.2, 0) is 12.7 Å². The van der Waals surface area contributed by atoms with Crippen molar-refractivity contribution >= 4 is 17.2 Å². The van der Waals surface area contributed by atoms with Crippen LogP contribution in [0.5, 0.6) is 0 Å². The molecular formula is C9H8F3N5S. The number of hydrogen-bond donors (Lipinski definition) is 1. The smallest absolute Gasteiger partial charge is 0.363 e. The Morgan fingerprint density at radius 3 is 2.72 bits per heavy atom. The highest BCUT2D eigenvalue weighted by molar-refractivity contribution is 7.11. The van der Waals surface area contributed by atoms with Crippen molar-refractivity contribution < 1.29 is 13.2 Å². The number of anilines is 1. The molecule has 2 aromatic heterocycles. The average Bonchev–Trinajstić information content (AvgIpc) is 2.72. The van der Waals surface area contributed by atoms with E-state index in [4.69, 9.17) is 0 Å². The van der Waals surface area contributed by atoms with E-state index in [-0.39, 0.29) is 12.4 Å². The molecule has 2 heterocycles. The molecular weight excluding hydrogens is 267 g/mol. The van der Waals surface area contributed by atoms with E-state index in [1.165, 1.54) is 17.4 Å². The van der Waals surface area contributed by atoms with Crippen LogP contribution < -0.4 is 5.32 Å². The minimum Gasteiger partial charge on any atom is -0.363 e. The summed E-state index contributed by atoms with van der Waals surface area (Å²) in [6, 6.07) is 1.36. The molecule has 0 aliphatic heterocycles. The van der Waals surface area contributed by atoms with Gasteiger partial charge < -0.3 is 5.32 Å². The maximum absolute atomic E-state index is 12.4. The fraction of sp³-hybridized carbons (Fsp3) is 0.333. The molecule has 96 valence electrons. The minimum absolute atomic E-state index is 0.102. The first kappa shape index (κ1) is 12.7. The van der Waals surface area contributed by atoms with Crippen LogP contribution in [-0.4, -0.2) is 20.2 Å². The molecule has 0 spiro atoms. The quantitative estimate of drug-likeness (QED) is 0.931. The standard InChI is InChI=1S/C9H8F3N5S/c1-5-16-17-7(18-5)4-14-6-2-3-13-8(15-6)9(10,11)12/h2-3H,4H2,1H3,(H,13,14,15). The van der Waals surface area contributed by atoms with Crippen LogP contribution in [0.3, 0.4) is 0 Å². The number of rotatable bonds is 3. The number of hydrogen-bond acceptors (Lipinski definition) is 6. The second kappa shape index (κ2) is 4.84. The summed E-state index contributed by atoms with van der Waals surface area (Å²) in [5, 5.41) is 11.9. The molecule has 9 heteroatoms. The molecule has 0 aromatic carbocycles. The Balaban J connectivity index is 2.06. The number of nitrogens with zero attached hydrogens (tertiary/aromatic N) is 4. The minimum atomic E-state index is -4.54. The Hall–Kier alpha value is -1.77. The van der Waals surface area contributed by atoms with Gasteiger partial charge in [0.2, 0.25) is 5.82 Å². The maximum atomic E-state index is 12.4. The first-order valence-electron chi connectivity index (χ1n) is 4.88. The summed E-state index contributed by atoms with van der Waals surface area (Å²) < 4.78 is 37.1. The van der Waals surface area contributed by atoms with E-state index < -0.39 is 12.0 Å². The summed E-state index contributed by atoms with van der Waals surface area (Å²) in [5.41, 5.74) is 0. The van der Waals surface area contributed by atoms with E-state index in [0.29, 0.717) is 5.01 Å². The topological polar surface area (TPSA) is 63.6 Å². The van der Waals surface area contributed by atoms with Crippen LogP contribution in [0.25, 0.3) is 0 Å². The molecule has 0 fully saturated rings. The number of alkyl halides is 3. The molecule has 18 heavy (non-hydrogen) atoms. The van der Waals surface area contributed by atoms with Gasteiger partial charge in [-0.2, -0.15) is 13.2 Å². The van der Waals surface area contributed by atoms with Crippen LogP contribution in [0, 0.1) is 6.92 Å². The highest BCUT2D eigenvalue weighted by atomic mass is 32.1. The van der Waals surface area contributed by atoms with Crippen molar-refractivity contribution in [2.45, 2.75) is 19.6 Å². The lowest BCUT2D eigenvalue weighted by molar-refractivity contribution is -0.144. The maximum Gasteiger partial charge on any atom is 0.451 e. The lowest BCUT2D eigenvalue weighted by atomic mass is 10.5. The van der Waals surface area contributed by atoms with E-state index in [9.17, 15) is 13.2 Å². The van der Waals surface area contributed by atoms with Crippen molar-refractivity contribution in [3.63, 3.8) is 0 Å². The van der Waals surface area contributed by atoms with E-state index in [1.807, 2.05) is 0 Å². The highest BCUT2D eigenvalue weighted by Crippen LogP contribution is 2.26. The van der Waals surface area contributed by atoms with Gasteiger partial charge in [0.1, 0.15) is 15.8 Å². The zero-order valence-corrected chi connectivity index (χ0v) is 10.0. The molecule has 0 saturated carbocycles. The molecule has 1 N–H and O–H groups in total. The predicted molar refractivity (Wildman–Crippen MR) is 59.0 cm³/mol. The Morgan fingerprint density at radius 2 is 2.11 bits per heavy atom. The van der Waals surface area contributed by atoms with Crippen molar-refractivity contribution in [2.75, 3.05) is 5.32 Å². The summed E-state index contributed by atoms with van der Waals surface area (Å²) in [6.45, 7) is 2.08. The van der Waals surface area contributed by atoms with Crippen LogP contribution in [0.2, 0.25) is 0 Å². The van der Waals surface area contributed by atoms with Gasteiger partial charge in [-0.3, -0.25) is 0 Å². The van der Waals surface area contributed by atoms with Crippen LogP contribution in [0.4, 0.5) is 19.0 Å².